The molecule has 0 saturated heterocycles. The van der Waals surface area contributed by atoms with E-state index in [0.29, 0.717) is 13.0 Å². The van der Waals surface area contributed by atoms with Gasteiger partial charge in [0.1, 0.15) is 6.04 Å². The first kappa shape index (κ1) is 25.9. The minimum atomic E-state index is -0.848. The van der Waals surface area contributed by atoms with Gasteiger partial charge >= 0.3 is 0 Å². The molecule has 0 saturated carbocycles. The molecule has 0 aliphatic carbocycles. The molecule has 0 aliphatic rings. The number of nitrogens with zero attached hydrogens (tertiary/aromatic N) is 1. The highest BCUT2D eigenvalue weighted by Gasteiger charge is 2.26. The van der Waals surface area contributed by atoms with Crippen molar-refractivity contribution in [1.29, 1.82) is 0 Å². The van der Waals surface area contributed by atoms with E-state index >= 15 is 0 Å². The number of carbonyl (C=O) groups excluding carboxylic acids is 2. The van der Waals surface area contributed by atoms with Crippen LogP contribution in [0.2, 0.25) is 0 Å². The molecule has 1 aromatic heterocycles. The van der Waals surface area contributed by atoms with Crippen molar-refractivity contribution in [3.05, 3.63) is 109 Å². The smallest absolute Gasteiger partial charge is 0.245 e. The van der Waals surface area contributed by atoms with Crippen molar-refractivity contribution in [2.24, 2.45) is 0 Å². The number of hydroxylamine groups is 1. The molecule has 3 N–H and O–H groups in total. The fourth-order valence-electron chi connectivity index (χ4n) is 4.37. The Labute approximate surface area is 216 Å². The highest BCUT2D eigenvalue weighted by atomic mass is 16.5. The summed E-state index contributed by atoms with van der Waals surface area (Å²) in [5.74, 6) is -0.975. The first-order valence-electron chi connectivity index (χ1n) is 12.2. The summed E-state index contributed by atoms with van der Waals surface area (Å²) in [7, 11) is 1.59. The Hall–Kier alpha value is -4.20. The van der Waals surface area contributed by atoms with Crippen LogP contribution >= 0.6 is 0 Å². The van der Waals surface area contributed by atoms with E-state index in [1.165, 1.54) is 0 Å². The molecule has 0 fully saturated rings. The number of hydrogen-bond donors (Lipinski definition) is 3. The van der Waals surface area contributed by atoms with Gasteiger partial charge in [0, 0.05) is 19.5 Å². The zero-order valence-corrected chi connectivity index (χ0v) is 20.7. The zero-order chi connectivity index (χ0) is 26.0. The molecule has 4 rings (SSSR count). The summed E-state index contributed by atoms with van der Waals surface area (Å²) in [6.07, 6.45) is 3.99. The summed E-state index contributed by atoms with van der Waals surface area (Å²) in [5.41, 5.74) is 6.87. The second-order valence-corrected chi connectivity index (χ2v) is 8.90. The first-order chi connectivity index (χ1) is 18.1. The van der Waals surface area contributed by atoms with Gasteiger partial charge in [-0.15, -0.1) is 0 Å². The Bertz CT molecular complexity index is 1290. The van der Waals surface area contributed by atoms with Gasteiger partial charge in [-0.1, -0.05) is 84.9 Å². The van der Waals surface area contributed by atoms with Gasteiger partial charge in [-0.25, -0.2) is 5.48 Å². The molecule has 0 bridgehead atoms. The maximum Gasteiger partial charge on any atom is 0.245 e. The predicted octanol–water partition coefficient (Wildman–Crippen LogP) is 4.63. The lowest BCUT2D eigenvalue weighted by Gasteiger charge is -2.23. The van der Waals surface area contributed by atoms with E-state index in [-0.39, 0.29) is 18.4 Å². The molecule has 7 heteroatoms. The summed E-state index contributed by atoms with van der Waals surface area (Å²) in [6.45, 7) is 0.324. The highest BCUT2D eigenvalue weighted by Crippen LogP contribution is 2.26. The van der Waals surface area contributed by atoms with Gasteiger partial charge in [-0.05, 0) is 40.3 Å². The van der Waals surface area contributed by atoms with E-state index in [0.717, 1.165) is 27.8 Å². The van der Waals surface area contributed by atoms with Crippen molar-refractivity contribution >= 4 is 11.8 Å². The topological polar surface area (TPSA) is 92.6 Å². The van der Waals surface area contributed by atoms with Crippen molar-refractivity contribution in [2.45, 2.75) is 24.9 Å². The van der Waals surface area contributed by atoms with Crippen LogP contribution in [0.5, 0.6) is 0 Å². The van der Waals surface area contributed by atoms with Crippen LogP contribution in [-0.4, -0.2) is 41.3 Å². The van der Waals surface area contributed by atoms with Gasteiger partial charge in [0.2, 0.25) is 11.8 Å². The van der Waals surface area contributed by atoms with Crippen LogP contribution in [0.4, 0.5) is 0 Å². The average molecular weight is 498 g/mol. The maximum atomic E-state index is 13.4. The van der Waals surface area contributed by atoms with Crippen molar-refractivity contribution < 1.29 is 19.5 Å². The van der Waals surface area contributed by atoms with Crippen molar-refractivity contribution in [2.75, 3.05) is 13.7 Å². The number of methoxy groups -OCH3 is 1. The molecule has 37 heavy (non-hydrogen) atoms. The largest absolute Gasteiger partial charge is 0.383 e. The summed E-state index contributed by atoms with van der Waals surface area (Å²) >= 11 is 0. The molecule has 1 heterocycles. The van der Waals surface area contributed by atoms with Crippen LogP contribution < -0.4 is 10.8 Å². The fraction of sp³-hybridized carbons (Fsp3) is 0.200. The SMILES string of the molecule is COCC(Cc1ccccc1)NC(=O)C(CC(=O)NO)n1ccc(-c2ccc(-c3ccccc3)cc2)c1. The number of ether oxygens (including phenoxy) is 1. The zero-order valence-electron chi connectivity index (χ0n) is 20.7. The molecular weight excluding hydrogens is 466 g/mol. The monoisotopic (exact) mass is 497 g/mol. The van der Waals surface area contributed by atoms with Gasteiger partial charge in [0.15, 0.2) is 0 Å². The summed E-state index contributed by atoms with van der Waals surface area (Å²) in [4.78, 5) is 25.4. The van der Waals surface area contributed by atoms with Gasteiger partial charge in [0.05, 0.1) is 19.1 Å². The molecule has 3 aromatic carbocycles. The number of rotatable bonds is 11. The van der Waals surface area contributed by atoms with Crippen LogP contribution in [0.15, 0.2) is 103 Å². The van der Waals surface area contributed by atoms with E-state index in [1.54, 1.807) is 23.4 Å². The van der Waals surface area contributed by atoms with E-state index in [9.17, 15) is 9.59 Å². The Morgan fingerprint density at radius 1 is 0.838 bits per heavy atom. The molecule has 2 atom stereocenters. The number of aromatic nitrogens is 1. The third kappa shape index (κ3) is 6.94. The highest BCUT2D eigenvalue weighted by molar-refractivity contribution is 5.87. The van der Waals surface area contributed by atoms with Crippen molar-refractivity contribution in [1.82, 2.24) is 15.4 Å². The third-order valence-electron chi connectivity index (χ3n) is 6.24. The Kier molecular flexibility index (Phi) is 8.86. The standard InChI is InChI=1S/C30H31N3O4/c1-37-21-27(18-22-8-4-2-5-9-22)31-30(35)28(19-29(34)32-36)33-17-16-26(20-33)25-14-12-24(13-15-25)23-10-6-3-7-11-23/h2-17,20,27-28,36H,18-19,21H2,1H3,(H,31,35)(H,32,34). The van der Waals surface area contributed by atoms with Crippen LogP contribution in [0, 0.1) is 0 Å². The maximum absolute atomic E-state index is 13.4. The molecule has 7 nitrogen and oxygen atoms in total. The van der Waals surface area contributed by atoms with Gasteiger partial charge in [-0.3, -0.25) is 14.8 Å². The third-order valence-corrected chi connectivity index (χ3v) is 6.24. The Balaban J connectivity index is 1.52. The van der Waals surface area contributed by atoms with Crippen LogP contribution in [0.25, 0.3) is 22.3 Å². The number of carbonyl (C=O) groups is 2. The number of hydrogen-bond acceptors (Lipinski definition) is 4. The molecule has 2 unspecified atom stereocenters. The molecule has 190 valence electrons. The molecular formula is C30H31N3O4. The summed E-state index contributed by atoms with van der Waals surface area (Å²) < 4.78 is 7.03. The minimum absolute atomic E-state index is 0.214. The normalized spacial score (nSPS) is 12.5. The number of nitrogens with one attached hydrogen (secondary N) is 2. The second-order valence-electron chi connectivity index (χ2n) is 8.90. The van der Waals surface area contributed by atoms with E-state index in [4.69, 9.17) is 9.94 Å². The average Bonchev–Trinajstić information content (AvgIpc) is 3.43. The Morgan fingerprint density at radius 3 is 2.05 bits per heavy atom. The summed E-state index contributed by atoms with van der Waals surface area (Å²) in [6, 6.07) is 28.9. The van der Waals surface area contributed by atoms with E-state index in [1.807, 2.05) is 72.9 Å². The van der Waals surface area contributed by atoms with Gasteiger partial charge < -0.3 is 14.6 Å². The lowest BCUT2D eigenvalue weighted by Crippen LogP contribution is -2.44. The van der Waals surface area contributed by atoms with Crippen LogP contribution in [0.3, 0.4) is 0 Å². The minimum Gasteiger partial charge on any atom is -0.383 e. The van der Waals surface area contributed by atoms with Crippen LogP contribution in [-0.2, 0) is 20.7 Å². The summed E-state index contributed by atoms with van der Waals surface area (Å²) in [5, 5.41) is 12.1. The van der Waals surface area contributed by atoms with E-state index < -0.39 is 11.9 Å². The molecule has 0 aliphatic heterocycles. The first-order valence-corrected chi connectivity index (χ1v) is 12.2. The number of benzene rings is 3. The fourth-order valence-corrected chi connectivity index (χ4v) is 4.37. The van der Waals surface area contributed by atoms with Crippen molar-refractivity contribution in [3.63, 3.8) is 0 Å². The lowest BCUT2D eigenvalue weighted by atomic mass is 10.0. The molecule has 2 amide bonds. The van der Waals surface area contributed by atoms with Gasteiger partial charge in [-0.2, -0.15) is 0 Å². The quantitative estimate of drug-likeness (QED) is 0.208. The van der Waals surface area contributed by atoms with E-state index in [2.05, 4.69) is 29.6 Å². The predicted molar refractivity (Wildman–Crippen MR) is 143 cm³/mol. The van der Waals surface area contributed by atoms with Crippen LogP contribution in [0.1, 0.15) is 18.0 Å². The lowest BCUT2D eigenvalue weighted by molar-refractivity contribution is -0.134. The second kappa shape index (κ2) is 12.7. The molecule has 4 aromatic rings. The number of amides is 2. The Morgan fingerprint density at radius 2 is 1.43 bits per heavy atom. The van der Waals surface area contributed by atoms with Crippen molar-refractivity contribution in [3.8, 4) is 22.3 Å². The molecule has 0 radical (unpaired) electrons. The van der Waals surface area contributed by atoms with Gasteiger partial charge in [0.25, 0.3) is 0 Å². The molecule has 0 spiro atoms.